The lowest BCUT2D eigenvalue weighted by molar-refractivity contribution is -0.258. The molecule has 2 aliphatic carbocycles. The van der Waals surface area contributed by atoms with Crippen molar-refractivity contribution < 1.29 is 53.4 Å². The fourth-order valence-electron chi connectivity index (χ4n) is 10.4. The van der Waals surface area contributed by atoms with Gasteiger partial charge in [0.2, 0.25) is 11.7 Å². The average Bonchev–Trinajstić information content (AvgIpc) is 3.33. The van der Waals surface area contributed by atoms with Gasteiger partial charge in [-0.05, 0) is 92.8 Å². The second-order valence-electron chi connectivity index (χ2n) is 17.8. The smallest absolute Gasteiger partial charge is 0.239 e. The van der Waals surface area contributed by atoms with Crippen LogP contribution in [0, 0.1) is 17.8 Å². The number of amides is 1. The zero-order valence-electron chi connectivity index (χ0n) is 40.0. The molecule has 0 spiro atoms. The third kappa shape index (κ3) is 13.7. The highest BCUT2D eigenvalue weighted by Gasteiger charge is 2.65. The maximum Gasteiger partial charge on any atom is 0.239 e. The highest BCUT2D eigenvalue weighted by Crippen LogP contribution is 2.62. The SMILES string of the molecule is C=CCOC12Oc3ccc(Oc4ccc(OC)c(C=O)c4)cc3C3C(CCCCO)C(CCCCO)C=C(C(=NOCC)CC1N(CCOCCO)C(=O)CCCCCCCCCCC)C32. The summed E-state index contributed by atoms with van der Waals surface area (Å²) >= 11 is 0. The van der Waals surface area contributed by atoms with Crippen molar-refractivity contribution in [1.29, 1.82) is 0 Å². The topological polar surface area (TPSA) is 166 Å². The number of hydrogen-bond acceptors (Lipinski definition) is 12. The molecule has 1 saturated carbocycles. The number of carbonyl (C=O) groups excluding carboxylic acids is 2. The standard InChI is InChI=1S/C53H78N2O11/c1-5-8-9-10-11-12-13-14-15-22-50(60)55(27-32-62-33-30-58)49-37-46(54-64-7-3)44-35-39(20-16-18-28-56)43(21-17-19-29-57)51-45-36-42(65-41-23-25-47(61-4)40(34-41)38-59)24-26-48(45)66-53(49,52(44)51)63-31-6-2/h6,23-26,34-36,38-39,43,49,51-52,56-58H,2,5,7-22,27-33,37H2,1,3-4H3. The second-order valence-corrected chi connectivity index (χ2v) is 17.8. The van der Waals surface area contributed by atoms with Gasteiger partial charge >= 0.3 is 0 Å². The Morgan fingerprint density at radius 1 is 0.894 bits per heavy atom. The Kier molecular flexibility index (Phi) is 22.5. The van der Waals surface area contributed by atoms with Crippen LogP contribution in [0.2, 0.25) is 0 Å². The predicted molar refractivity (Wildman–Crippen MR) is 257 cm³/mol. The van der Waals surface area contributed by atoms with Gasteiger partial charge in [0, 0.05) is 44.1 Å². The van der Waals surface area contributed by atoms with E-state index in [1.54, 1.807) is 24.3 Å². The summed E-state index contributed by atoms with van der Waals surface area (Å²) in [6.07, 6.45) is 20.1. The molecule has 6 atom stereocenters. The van der Waals surface area contributed by atoms with Crippen LogP contribution in [0.1, 0.15) is 145 Å². The number of hydrogen-bond donors (Lipinski definition) is 3. The van der Waals surface area contributed by atoms with Gasteiger partial charge in [0.25, 0.3) is 0 Å². The molecule has 0 radical (unpaired) electrons. The molecular weight excluding hydrogens is 841 g/mol. The average molecular weight is 919 g/mol. The maximum absolute atomic E-state index is 14.9. The number of ether oxygens (including phenoxy) is 5. The van der Waals surface area contributed by atoms with Crippen LogP contribution in [0.5, 0.6) is 23.0 Å². The van der Waals surface area contributed by atoms with Crippen molar-refractivity contribution in [3.63, 3.8) is 0 Å². The summed E-state index contributed by atoms with van der Waals surface area (Å²) in [7, 11) is 1.52. The zero-order valence-corrected chi connectivity index (χ0v) is 40.0. The number of nitrogens with zero attached hydrogens (tertiary/aromatic N) is 2. The number of aliphatic hydroxyl groups is 3. The molecule has 1 fully saturated rings. The van der Waals surface area contributed by atoms with E-state index in [9.17, 15) is 24.9 Å². The van der Waals surface area contributed by atoms with E-state index >= 15 is 0 Å². The first-order valence-electron chi connectivity index (χ1n) is 24.8. The molecule has 2 aromatic rings. The molecule has 6 unspecified atom stereocenters. The number of rotatable bonds is 33. The Morgan fingerprint density at radius 2 is 1.61 bits per heavy atom. The van der Waals surface area contributed by atoms with E-state index in [0.717, 1.165) is 74.5 Å². The van der Waals surface area contributed by atoms with Crippen LogP contribution < -0.4 is 14.2 Å². The lowest BCUT2D eigenvalue weighted by Crippen LogP contribution is -2.70. The first kappa shape index (κ1) is 52.7. The van der Waals surface area contributed by atoms with E-state index in [0.29, 0.717) is 60.9 Å². The van der Waals surface area contributed by atoms with Crippen molar-refractivity contribution in [2.45, 2.75) is 141 Å². The van der Waals surface area contributed by atoms with E-state index in [-0.39, 0.29) is 69.8 Å². The molecule has 2 aromatic carbocycles. The first-order valence-corrected chi connectivity index (χ1v) is 24.8. The monoisotopic (exact) mass is 919 g/mol. The van der Waals surface area contributed by atoms with Crippen molar-refractivity contribution in [3.8, 4) is 23.0 Å². The minimum absolute atomic E-state index is 0.0265. The van der Waals surface area contributed by atoms with E-state index in [2.05, 4.69) is 19.6 Å². The lowest BCUT2D eigenvalue weighted by Gasteiger charge is -2.60. The van der Waals surface area contributed by atoms with E-state index in [1.807, 2.05) is 30.0 Å². The number of oxime groups is 1. The molecule has 66 heavy (non-hydrogen) atoms. The molecule has 3 aliphatic rings. The number of carbonyl (C=O) groups is 2. The molecule has 1 heterocycles. The van der Waals surface area contributed by atoms with Gasteiger partial charge < -0.3 is 48.7 Å². The van der Waals surface area contributed by atoms with Gasteiger partial charge in [-0.25, -0.2) is 0 Å². The predicted octanol–water partition coefficient (Wildman–Crippen LogP) is 9.71. The second kappa shape index (κ2) is 28.2. The normalized spacial score (nSPS) is 22.4. The van der Waals surface area contributed by atoms with Crippen LogP contribution in [-0.2, 0) is 19.1 Å². The van der Waals surface area contributed by atoms with E-state index in [1.165, 1.54) is 39.2 Å². The number of unbranched alkanes of at least 4 members (excludes halogenated alkanes) is 10. The number of methoxy groups -OCH3 is 1. The van der Waals surface area contributed by atoms with Crippen LogP contribution in [0.15, 0.2) is 65.9 Å². The minimum Gasteiger partial charge on any atom is -0.496 e. The quantitative estimate of drug-likeness (QED) is 0.0270. The van der Waals surface area contributed by atoms with Crippen molar-refractivity contribution >= 4 is 17.9 Å². The van der Waals surface area contributed by atoms with Crippen molar-refractivity contribution in [3.05, 3.63) is 71.8 Å². The molecule has 0 bridgehead atoms. The highest BCUT2D eigenvalue weighted by molar-refractivity contribution is 6.03. The van der Waals surface area contributed by atoms with Crippen LogP contribution in [0.3, 0.4) is 0 Å². The largest absolute Gasteiger partial charge is 0.496 e. The van der Waals surface area contributed by atoms with Crippen LogP contribution in [0.4, 0.5) is 0 Å². The molecule has 3 N–H and O–H groups in total. The fraction of sp³-hybridized carbons (Fsp3) is 0.642. The van der Waals surface area contributed by atoms with Gasteiger partial charge in [-0.2, -0.15) is 0 Å². The summed E-state index contributed by atoms with van der Waals surface area (Å²) in [6.45, 7) is 9.32. The van der Waals surface area contributed by atoms with Gasteiger partial charge in [-0.1, -0.05) is 88.4 Å². The van der Waals surface area contributed by atoms with Crippen LogP contribution in [-0.4, -0.2) is 110 Å². The van der Waals surface area contributed by atoms with Crippen LogP contribution >= 0.6 is 0 Å². The first-order chi connectivity index (χ1) is 32.3. The van der Waals surface area contributed by atoms with Crippen LogP contribution in [0.25, 0.3) is 0 Å². The summed E-state index contributed by atoms with van der Waals surface area (Å²) in [5.41, 5.74) is 2.96. The summed E-state index contributed by atoms with van der Waals surface area (Å²) in [4.78, 5) is 34.6. The number of aldehydes is 1. The molecule has 5 rings (SSSR count). The Morgan fingerprint density at radius 3 is 2.29 bits per heavy atom. The van der Waals surface area contributed by atoms with Gasteiger partial charge in [0.15, 0.2) is 6.29 Å². The number of allylic oxidation sites excluding steroid dienone is 1. The molecule has 0 aromatic heterocycles. The maximum atomic E-state index is 14.9. The Labute approximate surface area is 393 Å². The van der Waals surface area contributed by atoms with Gasteiger partial charge in [-0.3, -0.25) is 9.59 Å². The summed E-state index contributed by atoms with van der Waals surface area (Å²) < 4.78 is 32.2. The molecule has 13 nitrogen and oxygen atoms in total. The Hall–Kier alpha value is -4.27. The number of aliphatic hydroxyl groups excluding tert-OH is 3. The summed E-state index contributed by atoms with van der Waals surface area (Å²) in [6, 6.07) is 10.2. The van der Waals surface area contributed by atoms with E-state index < -0.39 is 17.7 Å². The molecule has 0 saturated heterocycles. The van der Waals surface area contributed by atoms with Gasteiger partial charge in [-0.15, -0.1) is 6.58 Å². The Bertz CT molecular complexity index is 1870. The third-order valence-electron chi connectivity index (χ3n) is 13.4. The van der Waals surface area contributed by atoms with Gasteiger partial charge in [0.05, 0.1) is 50.7 Å². The molecule has 366 valence electrons. The van der Waals surface area contributed by atoms with Crippen molar-refractivity contribution in [2.24, 2.45) is 22.9 Å². The van der Waals surface area contributed by atoms with E-state index in [4.69, 9.17) is 33.7 Å². The molecule has 1 aliphatic heterocycles. The molecular formula is C53H78N2O11. The third-order valence-corrected chi connectivity index (χ3v) is 13.4. The van der Waals surface area contributed by atoms with Crippen molar-refractivity contribution in [2.75, 3.05) is 59.9 Å². The number of fused-ring (bicyclic) bond motifs is 2. The minimum atomic E-state index is -1.41. The fourth-order valence-corrected chi connectivity index (χ4v) is 10.4. The highest BCUT2D eigenvalue weighted by atomic mass is 16.7. The van der Waals surface area contributed by atoms with Crippen molar-refractivity contribution in [1.82, 2.24) is 4.90 Å². The molecule has 1 amide bonds. The lowest BCUT2D eigenvalue weighted by atomic mass is 9.55. The summed E-state index contributed by atoms with van der Waals surface area (Å²) in [5, 5.41) is 34.4. The summed E-state index contributed by atoms with van der Waals surface area (Å²) in [5.74, 6) is 0.0227. The van der Waals surface area contributed by atoms with Gasteiger partial charge in [0.1, 0.15) is 35.6 Å². The number of benzene rings is 2. The Balaban J connectivity index is 1.66. The zero-order chi connectivity index (χ0) is 47.2. The molecule has 13 heteroatoms.